The number of nitrogens with one attached hydrogen (secondary N) is 1. The number of carbonyl (C=O) groups is 3. The number of amides is 4. The summed E-state index contributed by atoms with van der Waals surface area (Å²) >= 11 is 0. The first-order chi connectivity index (χ1) is 15.4. The number of carbonyl (C=O) groups excluding carboxylic acids is 3. The third-order valence-electron chi connectivity index (χ3n) is 6.36. The van der Waals surface area contributed by atoms with Crippen molar-refractivity contribution in [3.8, 4) is 0 Å². The van der Waals surface area contributed by atoms with Crippen LogP contribution in [0.15, 0.2) is 48.5 Å². The average molecular weight is 429 g/mol. The van der Waals surface area contributed by atoms with E-state index in [4.69, 9.17) is 0 Å². The number of aryl methyl sites for hydroxylation is 2. The van der Waals surface area contributed by atoms with Gasteiger partial charge in [0.15, 0.2) is 0 Å². The van der Waals surface area contributed by atoms with Gasteiger partial charge in [-0.1, -0.05) is 42.5 Å². The maximum absolute atomic E-state index is 13.3. The molecule has 2 aromatic carbocycles. The fourth-order valence-corrected chi connectivity index (χ4v) is 4.66. The van der Waals surface area contributed by atoms with Crippen LogP contribution in [0.3, 0.4) is 0 Å². The van der Waals surface area contributed by atoms with Crippen LogP contribution in [0.1, 0.15) is 29.1 Å². The Morgan fingerprint density at radius 3 is 2.72 bits per heavy atom. The molecule has 1 fully saturated rings. The number of urea groups is 1. The number of aromatic nitrogens is 2. The van der Waals surface area contributed by atoms with Crippen LogP contribution >= 0.6 is 0 Å². The molecule has 1 N–H and O–H groups in total. The molecule has 1 aromatic heterocycles. The molecular weight excluding hydrogens is 406 g/mol. The number of benzene rings is 2. The van der Waals surface area contributed by atoms with Gasteiger partial charge in [0.2, 0.25) is 5.91 Å². The van der Waals surface area contributed by atoms with Crippen LogP contribution in [0.5, 0.6) is 0 Å². The summed E-state index contributed by atoms with van der Waals surface area (Å²) in [6.07, 6.45) is 1.21. The fourth-order valence-electron chi connectivity index (χ4n) is 4.66. The number of hydrogen-bond acceptors (Lipinski definition) is 5. The van der Waals surface area contributed by atoms with Crippen molar-refractivity contribution < 1.29 is 14.4 Å². The molecule has 1 atom stereocenters. The van der Waals surface area contributed by atoms with E-state index in [1.54, 1.807) is 7.05 Å². The van der Waals surface area contributed by atoms with Crippen LogP contribution in [0.4, 0.5) is 4.79 Å². The molecule has 0 radical (unpaired) electrons. The van der Waals surface area contributed by atoms with Gasteiger partial charge in [-0.05, 0) is 37.0 Å². The van der Waals surface area contributed by atoms with Crippen LogP contribution in [0.2, 0.25) is 0 Å². The molecule has 2 heterocycles. The largest absolute Gasteiger partial charge is 0.337 e. The Labute approximate surface area is 185 Å². The molecule has 1 saturated heterocycles. The summed E-state index contributed by atoms with van der Waals surface area (Å²) < 4.78 is 0. The normalized spacial score (nSPS) is 19.5. The summed E-state index contributed by atoms with van der Waals surface area (Å²) in [6.45, 7) is 1.77. The third kappa shape index (κ3) is 3.10. The second-order valence-electron chi connectivity index (χ2n) is 8.38. The van der Waals surface area contributed by atoms with Crippen LogP contribution in [0.25, 0.3) is 10.9 Å². The highest BCUT2D eigenvalue weighted by Gasteiger charge is 2.55. The Balaban J connectivity index is 1.32. The first-order valence-corrected chi connectivity index (χ1v) is 10.6. The molecule has 0 saturated carbocycles. The van der Waals surface area contributed by atoms with E-state index in [1.165, 1.54) is 4.90 Å². The number of imide groups is 1. The maximum Gasteiger partial charge on any atom is 0.325 e. The zero-order valence-corrected chi connectivity index (χ0v) is 18.0. The van der Waals surface area contributed by atoms with Crippen molar-refractivity contribution in [3.05, 3.63) is 71.2 Å². The van der Waals surface area contributed by atoms with E-state index in [0.29, 0.717) is 18.7 Å². The minimum absolute atomic E-state index is 0.183. The summed E-state index contributed by atoms with van der Waals surface area (Å²) in [5.74, 6) is -0.214. The van der Waals surface area contributed by atoms with Gasteiger partial charge in [0.25, 0.3) is 5.91 Å². The number of para-hydroxylation sites is 1. The van der Waals surface area contributed by atoms with Crippen LogP contribution in [0, 0.1) is 6.92 Å². The quantitative estimate of drug-likeness (QED) is 0.642. The zero-order chi connectivity index (χ0) is 22.5. The van der Waals surface area contributed by atoms with Gasteiger partial charge in [0.05, 0.1) is 12.1 Å². The van der Waals surface area contributed by atoms with Gasteiger partial charge >= 0.3 is 6.03 Å². The molecule has 1 unspecified atom stereocenters. The summed E-state index contributed by atoms with van der Waals surface area (Å²) in [5, 5.41) is 3.81. The molecule has 32 heavy (non-hydrogen) atoms. The van der Waals surface area contributed by atoms with Crippen molar-refractivity contribution >= 4 is 28.7 Å². The fraction of sp³-hybridized carbons (Fsp3) is 0.292. The van der Waals surface area contributed by atoms with E-state index in [-0.39, 0.29) is 24.9 Å². The highest BCUT2D eigenvalue weighted by molar-refractivity contribution is 6.09. The first kappa shape index (κ1) is 20.1. The Morgan fingerprint density at radius 2 is 1.88 bits per heavy atom. The number of rotatable bonds is 4. The summed E-state index contributed by atoms with van der Waals surface area (Å²) in [7, 11) is 1.62. The molecular formula is C24H23N5O3. The monoisotopic (exact) mass is 429 g/mol. The smallest absolute Gasteiger partial charge is 0.325 e. The topological polar surface area (TPSA) is 95.5 Å². The van der Waals surface area contributed by atoms with Gasteiger partial charge in [-0.15, -0.1) is 0 Å². The number of nitrogens with zero attached hydrogens (tertiary/aromatic N) is 4. The molecule has 4 amide bonds. The lowest BCUT2D eigenvalue weighted by Gasteiger charge is -2.23. The van der Waals surface area contributed by atoms with Gasteiger partial charge in [0, 0.05) is 18.1 Å². The minimum Gasteiger partial charge on any atom is -0.337 e. The van der Waals surface area contributed by atoms with E-state index in [9.17, 15) is 14.4 Å². The molecule has 1 aliphatic carbocycles. The lowest BCUT2D eigenvalue weighted by molar-refractivity contribution is -0.138. The Hall–Kier alpha value is -3.81. The predicted octanol–water partition coefficient (Wildman–Crippen LogP) is 2.29. The Morgan fingerprint density at radius 1 is 1.12 bits per heavy atom. The Bertz CT molecular complexity index is 1270. The molecule has 8 nitrogen and oxygen atoms in total. The summed E-state index contributed by atoms with van der Waals surface area (Å²) in [5.41, 5.74) is 2.46. The summed E-state index contributed by atoms with van der Waals surface area (Å²) in [6, 6.07) is 14.8. The molecule has 162 valence electrons. The molecule has 1 aliphatic heterocycles. The van der Waals surface area contributed by atoms with E-state index < -0.39 is 11.6 Å². The van der Waals surface area contributed by atoms with Crippen molar-refractivity contribution in [2.75, 3.05) is 13.6 Å². The lowest BCUT2D eigenvalue weighted by Crippen LogP contribution is -2.44. The van der Waals surface area contributed by atoms with E-state index in [2.05, 4.69) is 15.3 Å². The van der Waals surface area contributed by atoms with Crippen molar-refractivity contribution in [1.29, 1.82) is 0 Å². The van der Waals surface area contributed by atoms with Crippen molar-refractivity contribution in [1.82, 2.24) is 25.1 Å². The highest BCUT2D eigenvalue weighted by atomic mass is 16.2. The van der Waals surface area contributed by atoms with Gasteiger partial charge < -0.3 is 10.2 Å². The highest BCUT2D eigenvalue weighted by Crippen LogP contribution is 2.41. The van der Waals surface area contributed by atoms with Gasteiger partial charge in [-0.25, -0.2) is 14.8 Å². The third-order valence-corrected chi connectivity index (χ3v) is 6.36. The second-order valence-corrected chi connectivity index (χ2v) is 8.38. The average Bonchev–Trinajstić information content (AvgIpc) is 3.27. The maximum atomic E-state index is 13.3. The van der Waals surface area contributed by atoms with E-state index >= 15 is 0 Å². The zero-order valence-electron chi connectivity index (χ0n) is 18.0. The van der Waals surface area contributed by atoms with Gasteiger partial charge in [0.1, 0.15) is 17.9 Å². The van der Waals surface area contributed by atoms with Gasteiger partial charge in [-0.2, -0.15) is 0 Å². The molecule has 3 aromatic rings. The first-order valence-electron chi connectivity index (χ1n) is 10.6. The number of likely N-dealkylation sites (N-methyl/N-ethyl adjacent to an activating group) is 1. The predicted molar refractivity (Wildman–Crippen MR) is 117 cm³/mol. The van der Waals surface area contributed by atoms with E-state index in [1.807, 2.05) is 55.5 Å². The van der Waals surface area contributed by atoms with Crippen molar-refractivity contribution in [2.24, 2.45) is 0 Å². The molecule has 0 bridgehead atoms. The summed E-state index contributed by atoms with van der Waals surface area (Å²) in [4.78, 5) is 50.3. The molecule has 2 aliphatic rings. The molecule has 5 rings (SSSR count). The number of fused-ring (bicyclic) bond motifs is 3. The minimum atomic E-state index is -1.06. The second kappa shape index (κ2) is 7.40. The van der Waals surface area contributed by atoms with Crippen molar-refractivity contribution in [3.63, 3.8) is 0 Å². The molecule has 1 spiro atoms. The van der Waals surface area contributed by atoms with Crippen LogP contribution < -0.4 is 5.32 Å². The standard InChI is InChI=1S/C24H23N5O3/c1-15-17-8-4-6-10-19(17)26-20(25-15)13-28(2)21(30)14-29-22(31)24(27-23(29)32)12-11-16-7-3-5-9-18(16)24/h3-10H,11-14H2,1-2H3,(H,27,32). The molecule has 8 heteroatoms. The van der Waals surface area contributed by atoms with Crippen LogP contribution in [-0.2, 0) is 28.1 Å². The van der Waals surface area contributed by atoms with Crippen LogP contribution in [-0.4, -0.2) is 51.2 Å². The van der Waals surface area contributed by atoms with E-state index in [0.717, 1.165) is 32.6 Å². The van der Waals surface area contributed by atoms with Gasteiger partial charge in [-0.3, -0.25) is 14.5 Å². The SMILES string of the molecule is Cc1nc(CN(C)C(=O)CN2C(=O)NC3(CCc4ccccc43)C2=O)nc2ccccc12. The lowest BCUT2D eigenvalue weighted by atomic mass is 9.92. The number of hydrogen-bond donors (Lipinski definition) is 1. The Kier molecular flexibility index (Phi) is 4.65. The van der Waals surface area contributed by atoms with Crippen molar-refractivity contribution in [2.45, 2.75) is 31.8 Å².